The standard InChI is InChI=1S/C9H12OS/c1-4-9-8(7(3)10)5-6(2)11-9/h5H,4H2,1-3H3. The van der Waals surface area contributed by atoms with Crippen molar-refractivity contribution >= 4 is 17.1 Å². The summed E-state index contributed by atoms with van der Waals surface area (Å²) in [5, 5.41) is 0. The topological polar surface area (TPSA) is 17.1 Å². The molecule has 0 aliphatic rings. The molecule has 1 aromatic heterocycles. The molecule has 0 saturated carbocycles. The lowest BCUT2D eigenvalue weighted by molar-refractivity contribution is 0.101. The van der Waals surface area contributed by atoms with Gasteiger partial charge >= 0.3 is 0 Å². The van der Waals surface area contributed by atoms with Gasteiger partial charge in [-0.15, -0.1) is 11.3 Å². The van der Waals surface area contributed by atoms with Crippen LogP contribution in [0.2, 0.25) is 0 Å². The number of carbonyl (C=O) groups excluding carboxylic acids is 1. The molecule has 1 nitrogen and oxygen atoms in total. The summed E-state index contributed by atoms with van der Waals surface area (Å²) in [5.41, 5.74) is 0.912. The van der Waals surface area contributed by atoms with E-state index >= 15 is 0 Å². The highest BCUT2D eigenvalue weighted by Gasteiger charge is 2.08. The lowest BCUT2D eigenvalue weighted by Gasteiger charge is -1.92. The average Bonchev–Trinajstić information content (AvgIpc) is 2.30. The van der Waals surface area contributed by atoms with E-state index in [0.717, 1.165) is 12.0 Å². The van der Waals surface area contributed by atoms with Crippen LogP contribution in [0.25, 0.3) is 0 Å². The second kappa shape index (κ2) is 3.18. The maximum Gasteiger partial charge on any atom is 0.160 e. The molecule has 0 N–H and O–H groups in total. The summed E-state index contributed by atoms with van der Waals surface area (Å²) in [6.07, 6.45) is 0.966. The van der Waals surface area contributed by atoms with Gasteiger partial charge in [0.1, 0.15) is 0 Å². The molecule has 0 saturated heterocycles. The number of Topliss-reactive ketones (excluding diaryl/α,β-unsaturated/α-hetero) is 1. The van der Waals surface area contributed by atoms with Gasteiger partial charge in [-0.1, -0.05) is 6.92 Å². The van der Waals surface area contributed by atoms with E-state index in [-0.39, 0.29) is 5.78 Å². The molecule has 0 unspecified atom stereocenters. The van der Waals surface area contributed by atoms with Crippen molar-refractivity contribution in [1.29, 1.82) is 0 Å². The molecule has 11 heavy (non-hydrogen) atoms. The lowest BCUT2D eigenvalue weighted by atomic mass is 10.1. The third-order valence-electron chi connectivity index (χ3n) is 1.63. The van der Waals surface area contributed by atoms with E-state index in [4.69, 9.17) is 0 Å². The molecule has 0 aliphatic heterocycles. The summed E-state index contributed by atoms with van der Waals surface area (Å²) < 4.78 is 0. The molecule has 0 aliphatic carbocycles. The maximum atomic E-state index is 11.0. The Kier molecular flexibility index (Phi) is 2.45. The summed E-state index contributed by atoms with van der Waals surface area (Å²) in [6.45, 7) is 5.74. The predicted octanol–water partition coefficient (Wildman–Crippen LogP) is 2.82. The monoisotopic (exact) mass is 168 g/mol. The quantitative estimate of drug-likeness (QED) is 0.620. The van der Waals surface area contributed by atoms with Gasteiger partial charge in [-0.05, 0) is 26.3 Å². The summed E-state index contributed by atoms with van der Waals surface area (Å²) >= 11 is 1.72. The Labute approximate surface area is 71.1 Å². The van der Waals surface area contributed by atoms with Crippen molar-refractivity contribution in [3.8, 4) is 0 Å². The van der Waals surface area contributed by atoms with E-state index in [2.05, 4.69) is 6.92 Å². The first kappa shape index (κ1) is 8.47. The highest BCUT2D eigenvalue weighted by molar-refractivity contribution is 7.12. The molecule has 60 valence electrons. The van der Waals surface area contributed by atoms with E-state index in [0.29, 0.717) is 0 Å². The van der Waals surface area contributed by atoms with Crippen molar-refractivity contribution < 1.29 is 4.79 Å². The molecule has 0 aromatic carbocycles. The molecular formula is C9H12OS. The van der Waals surface area contributed by atoms with Gasteiger partial charge in [-0.2, -0.15) is 0 Å². The first-order valence-electron chi connectivity index (χ1n) is 3.75. The Morgan fingerprint density at radius 2 is 2.27 bits per heavy atom. The minimum absolute atomic E-state index is 0.186. The molecule has 2 heteroatoms. The molecule has 0 bridgehead atoms. The van der Waals surface area contributed by atoms with E-state index in [1.807, 2.05) is 13.0 Å². The smallest absolute Gasteiger partial charge is 0.160 e. The summed E-state index contributed by atoms with van der Waals surface area (Å²) in [4.78, 5) is 13.5. The summed E-state index contributed by atoms with van der Waals surface area (Å²) in [5.74, 6) is 0.186. The van der Waals surface area contributed by atoms with Gasteiger partial charge in [0.15, 0.2) is 5.78 Å². The third-order valence-corrected chi connectivity index (χ3v) is 2.83. The van der Waals surface area contributed by atoms with Gasteiger partial charge in [-0.3, -0.25) is 4.79 Å². The van der Waals surface area contributed by atoms with E-state index in [1.54, 1.807) is 18.3 Å². The van der Waals surface area contributed by atoms with Crippen LogP contribution in [0.15, 0.2) is 6.07 Å². The zero-order valence-corrected chi connectivity index (χ0v) is 7.92. The Morgan fingerprint density at radius 1 is 1.64 bits per heavy atom. The number of rotatable bonds is 2. The van der Waals surface area contributed by atoms with Crippen LogP contribution in [-0.2, 0) is 6.42 Å². The molecule has 1 heterocycles. The van der Waals surface area contributed by atoms with Crippen molar-refractivity contribution in [1.82, 2.24) is 0 Å². The minimum atomic E-state index is 0.186. The Bertz CT molecular complexity index is 273. The van der Waals surface area contributed by atoms with Crippen LogP contribution >= 0.6 is 11.3 Å². The summed E-state index contributed by atoms with van der Waals surface area (Å²) in [6, 6.07) is 1.98. The van der Waals surface area contributed by atoms with Crippen LogP contribution in [0.3, 0.4) is 0 Å². The fourth-order valence-corrected chi connectivity index (χ4v) is 2.15. The molecule has 0 radical (unpaired) electrons. The van der Waals surface area contributed by atoms with Gasteiger partial charge in [0.05, 0.1) is 0 Å². The van der Waals surface area contributed by atoms with Crippen LogP contribution in [-0.4, -0.2) is 5.78 Å². The third kappa shape index (κ3) is 1.69. The largest absolute Gasteiger partial charge is 0.294 e. The van der Waals surface area contributed by atoms with Crippen molar-refractivity contribution in [3.63, 3.8) is 0 Å². The summed E-state index contributed by atoms with van der Waals surface area (Å²) in [7, 11) is 0. The zero-order valence-electron chi connectivity index (χ0n) is 7.10. The lowest BCUT2D eigenvalue weighted by Crippen LogP contribution is -1.92. The molecule has 0 atom stereocenters. The predicted molar refractivity (Wildman–Crippen MR) is 48.4 cm³/mol. The Hall–Kier alpha value is -0.630. The number of aryl methyl sites for hydroxylation is 2. The number of hydrogen-bond donors (Lipinski definition) is 0. The van der Waals surface area contributed by atoms with Gasteiger partial charge < -0.3 is 0 Å². The number of carbonyl (C=O) groups is 1. The average molecular weight is 168 g/mol. The Morgan fingerprint density at radius 3 is 2.64 bits per heavy atom. The van der Waals surface area contributed by atoms with E-state index in [9.17, 15) is 4.79 Å². The highest BCUT2D eigenvalue weighted by Crippen LogP contribution is 2.22. The molecule has 1 aromatic rings. The molecule has 1 rings (SSSR count). The Balaban J connectivity index is 3.12. The van der Waals surface area contributed by atoms with Crippen LogP contribution in [0.5, 0.6) is 0 Å². The van der Waals surface area contributed by atoms with Crippen molar-refractivity contribution in [2.75, 3.05) is 0 Å². The molecule has 0 amide bonds. The number of thiophene rings is 1. The fourth-order valence-electron chi connectivity index (χ4n) is 1.12. The fraction of sp³-hybridized carbons (Fsp3) is 0.444. The van der Waals surface area contributed by atoms with Crippen molar-refractivity contribution in [3.05, 3.63) is 21.4 Å². The normalized spacial score (nSPS) is 10.1. The van der Waals surface area contributed by atoms with Gasteiger partial charge in [0, 0.05) is 15.3 Å². The van der Waals surface area contributed by atoms with Crippen LogP contribution in [0.4, 0.5) is 0 Å². The first-order valence-corrected chi connectivity index (χ1v) is 4.57. The minimum Gasteiger partial charge on any atom is -0.294 e. The van der Waals surface area contributed by atoms with E-state index < -0.39 is 0 Å². The van der Waals surface area contributed by atoms with Crippen LogP contribution in [0, 0.1) is 6.92 Å². The van der Waals surface area contributed by atoms with E-state index in [1.165, 1.54) is 9.75 Å². The molecule has 0 fully saturated rings. The zero-order chi connectivity index (χ0) is 8.43. The van der Waals surface area contributed by atoms with Gasteiger partial charge in [-0.25, -0.2) is 0 Å². The second-order valence-corrected chi connectivity index (χ2v) is 3.94. The first-order chi connectivity index (χ1) is 5.15. The number of ketones is 1. The van der Waals surface area contributed by atoms with Gasteiger partial charge in [0.2, 0.25) is 0 Å². The SMILES string of the molecule is CCc1sc(C)cc1C(C)=O. The van der Waals surface area contributed by atoms with Crippen molar-refractivity contribution in [2.24, 2.45) is 0 Å². The molecular weight excluding hydrogens is 156 g/mol. The van der Waals surface area contributed by atoms with Crippen LogP contribution in [0.1, 0.15) is 34.0 Å². The van der Waals surface area contributed by atoms with Gasteiger partial charge in [0.25, 0.3) is 0 Å². The van der Waals surface area contributed by atoms with Crippen LogP contribution < -0.4 is 0 Å². The van der Waals surface area contributed by atoms with Crippen molar-refractivity contribution in [2.45, 2.75) is 27.2 Å². The maximum absolute atomic E-state index is 11.0. The second-order valence-electron chi connectivity index (χ2n) is 2.60. The molecule has 0 spiro atoms. The number of hydrogen-bond acceptors (Lipinski definition) is 2. The highest BCUT2D eigenvalue weighted by atomic mass is 32.1.